The largest absolute Gasteiger partial charge is 0.463 e. The number of carbonyl (C=O) groups excluding carboxylic acids is 4. The Labute approximate surface area is 368 Å². The highest BCUT2D eigenvalue weighted by molar-refractivity contribution is 8.77. The molecule has 0 bridgehead atoms. The number of rotatable bonds is 28. The Bertz CT molecular complexity index is 2040. The van der Waals surface area contributed by atoms with Crippen LogP contribution in [-0.4, -0.2) is 124 Å². The Morgan fingerprint density at radius 2 is 1.40 bits per heavy atom. The molecule has 2 atom stereocenters. The molecule has 2 aromatic heterocycles. The molecule has 0 saturated carbocycles. The second kappa shape index (κ2) is 24.7. The van der Waals surface area contributed by atoms with Gasteiger partial charge >= 0.3 is 23.9 Å². The van der Waals surface area contributed by atoms with Crippen molar-refractivity contribution in [1.82, 2.24) is 9.55 Å². The van der Waals surface area contributed by atoms with E-state index in [9.17, 15) is 24.0 Å². The molecule has 0 spiro atoms. The molecule has 5 heterocycles. The summed E-state index contributed by atoms with van der Waals surface area (Å²) in [6.45, 7) is 5.45. The summed E-state index contributed by atoms with van der Waals surface area (Å²) in [6.07, 6.45) is 4.22. The van der Waals surface area contributed by atoms with Crippen LogP contribution >= 0.6 is 21.6 Å². The minimum absolute atomic E-state index is 0.0123. The summed E-state index contributed by atoms with van der Waals surface area (Å²) in [6, 6.07) is 11.4. The van der Waals surface area contributed by atoms with E-state index in [0.29, 0.717) is 77.2 Å². The number of nitrogens with zero attached hydrogens (tertiary/aromatic N) is 2. The van der Waals surface area contributed by atoms with Crippen LogP contribution < -0.4 is 5.56 Å². The van der Waals surface area contributed by atoms with Crippen molar-refractivity contribution >= 4 is 56.4 Å². The van der Waals surface area contributed by atoms with Crippen molar-refractivity contribution in [3.63, 3.8) is 0 Å². The monoisotopic (exact) mass is 900 g/mol. The minimum Gasteiger partial charge on any atom is -0.463 e. The lowest BCUT2D eigenvalue weighted by Gasteiger charge is -2.35. The molecule has 16 nitrogen and oxygen atoms in total. The molecule has 338 valence electrons. The first kappa shape index (κ1) is 47.4. The summed E-state index contributed by atoms with van der Waals surface area (Å²) in [7, 11) is 3.91. The van der Waals surface area contributed by atoms with Crippen molar-refractivity contribution in [1.29, 1.82) is 0 Å². The van der Waals surface area contributed by atoms with E-state index in [0.717, 1.165) is 34.6 Å². The van der Waals surface area contributed by atoms with Gasteiger partial charge in [-0.2, -0.15) is 0 Å². The van der Waals surface area contributed by atoms with E-state index >= 15 is 0 Å². The van der Waals surface area contributed by atoms with E-state index in [4.69, 9.17) is 47.6 Å². The summed E-state index contributed by atoms with van der Waals surface area (Å²) in [5.74, 6) is -1.16. The number of para-hydroxylation sites is 1. The van der Waals surface area contributed by atoms with Gasteiger partial charge in [0.25, 0.3) is 5.56 Å². The number of aromatic nitrogens is 2. The molecule has 0 amide bonds. The molecule has 0 N–H and O–H groups in total. The first-order chi connectivity index (χ1) is 30.3. The maximum Gasteiger partial charge on any atom is 0.355 e. The van der Waals surface area contributed by atoms with E-state index < -0.39 is 23.5 Å². The number of hydrogen-bond acceptors (Lipinski definition) is 17. The Kier molecular flexibility index (Phi) is 18.9. The second-order valence-electron chi connectivity index (χ2n) is 14.8. The molecule has 1 fully saturated rings. The highest BCUT2D eigenvalue weighted by atomic mass is 33.1. The van der Waals surface area contributed by atoms with Gasteiger partial charge in [-0.05, 0) is 43.9 Å². The van der Waals surface area contributed by atoms with E-state index in [1.54, 1.807) is 17.6 Å². The van der Waals surface area contributed by atoms with Crippen molar-refractivity contribution < 1.29 is 61.8 Å². The van der Waals surface area contributed by atoms with Crippen LogP contribution in [0.3, 0.4) is 0 Å². The maximum absolute atomic E-state index is 13.7. The van der Waals surface area contributed by atoms with Crippen LogP contribution in [0.2, 0.25) is 0 Å². The summed E-state index contributed by atoms with van der Waals surface area (Å²) < 4.78 is 50.5. The first-order valence-corrected chi connectivity index (χ1v) is 23.7. The quantitative estimate of drug-likeness (QED) is 0.0309. The van der Waals surface area contributed by atoms with Gasteiger partial charge in [-0.3, -0.25) is 19.2 Å². The topological polar surface area (TPSA) is 186 Å². The molecule has 6 rings (SSSR count). The molecular formula is C44H56N2O14S2. The van der Waals surface area contributed by atoms with Gasteiger partial charge in [0.15, 0.2) is 0 Å². The van der Waals surface area contributed by atoms with Crippen LogP contribution in [0.4, 0.5) is 0 Å². The molecule has 0 radical (unpaired) electrons. The van der Waals surface area contributed by atoms with Crippen molar-refractivity contribution in [3.05, 3.63) is 63.4 Å². The standard InChI is InChI=1S/C44H56N2O14S2/c1-2-44(35-28-37-41-32(27-31-7-3-5-9-36(31)45-41)29-46(37)42(50)34(35)30-59-43(44)51)60-40(49)12-11-39(48)58-25-23-56-21-19-54-17-15-52-14-16-53-18-20-55-22-24-57-38(47)10-6-4-8-33-13-26-61-62-33/h3,5,7,9,27-28,33H,2,4,6,8,10-26,29-30H2,1H3. The number of hydrogen-bond donors (Lipinski definition) is 0. The molecule has 0 aliphatic carbocycles. The Morgan fingerprint density at radius 1 is 0.790 bits per heavy atom. The van der Waals surface area contributed by atoms with Gasteiger partial charge in [0.2, 0.25) is 5.60 Å². The number of esters is 4. The lowest BCUT2D eigenvalue weighted by Crippen LogP contribution is -2.47. The molecular weight excluding hydrogens is 845 g/mol. The summed E-state index contributed by atoms with van der Waals surface area (Å²) >= 11 is 0. The average Bonchev–Trinajstić information content (AvgIpc) is 3.93. The number of unbranched alkanes of at least 4 members (excludes halogenated alkanes) is 1. The van der Waals surface area contributed by atoms with Crippen LogP contribution in [0, 0.1) is 0 Å². The van der Waals surface area contributed by atoms with Gasteiger partial charge in [0.1, 0.15) is 19.8 Å². The van der Waals surface area contributed by atoms with Gasteiger partial charge in [-0.15, -0.1) is 0 Å². The predicted molar refractivity (Wildman–Crippen MR) is 231 cm³/mol. The molecule has 1 aromatic carbocycles. The fourth-order valence-electron chi connectivity index (χ4n) is 7.29. The smallest absolute Gasteiger partial charge is 0.355 e. The van der Waals surface area contributed by atoms with E-state index in [1.807, 2.05) is 51.9 Å². The fourth-order valence-corrected chi connectivity index (χ4v) is 10.3. The number of benzene rings is 1. The second-order valence-corrected chi connectivity index (χ2v) is 17.6. The molecule has 62 heavy (non-hydrogen) atoms. The maximum atomic E-state index is 13.7. The third kappa shape index (κ3) is 13.2. The molecule has 3 aliphatic rings. The zero-order chi connectivity index (χ0) is 43.6. The lowest BCUT2D eigenvalue weighted by molar-refractivity contribution is -0.189. The Morgan fingerprint density at radius 3 is 2.03 bits per heavy atom. The zero-order valence-corrected chi connectivity index (χ0v) is 36.9. The van der Waals surface area contributed by atoms with Crippen molar-refractivity contribution in [2.75, 3.05) is 85.0 Å². The summed E-state index contributed by atoms with van der Waals surface area (Å²) in [5, 5.41) is 1.69. The molecule has 3 aromatic rings. The third-order valence-corrected chi connectivity index (χ3v) is 13.6. The van der Waals surface area contributed by atoms with Crippen LogP contribution in [0.5, 0.6) is 0 Å². The van der Waals surface area contributed by atoms with Crippen molar-refractivity contribution in [2.45, 2.75) is 82.3 Å². The SMILES string of the molecule is CCC1(OC(=O)CCC(=O)OCCOCCOCCOCCOCCOCCOC(=O)CCCCC2CCSS2)C(=O)OCc2c1cc1n(c2=O)Cc2cc3ccccc3nc2-1. The summed E-state index contributed by atoms with van der Waals surface area (Å²) in [4.78, 5) is 69.2. The molecule has 3 aliphatic heterocycles. The van der Waals surface area contributed by atoms with Gasteiger partial charge < -0.3 is 47.2 Å². The molecule has 18 heteroatoms. The first-order valence-electron chi connectivity index (χ1n) is 21.3. The molecule has 2 unspecified atom stereocenters. The fraction of sp³-hybridized carbons (Fsp3) is 0.591. The average molecular weight is 901 g/mol. The summed E-state index contributed by atoms with van der Waals surface area (Å²) in [5.41, 5.74) is 1.10. The zero-order valence-electron chi connectivity index (χ0n) is 35.2. The number of fused-ring (bicyclic) bond motifs is 5. The predicted octanol–water partition coefficient (Wildman–Crippen LogP) is 5.29. The van der Waals surface area contributed by atoms with Gasteiger partial charge in [0, 0.05) is 33.9 Å². The normalized spacial score (nSPS) is 17.6. The van der Waals surface area contributed by atoms with Gasteiger partial charge in [0.05, 0.1) is 108 Å². The van der Waals surface area contributed by atoms with Crippen LogP contribution in [-0.2, 0) is 80.6 Å². The van der Waals surface area contributed by atoms with Crippen LogP contribution in [0.25, 0.3) is 22.3 Å². The van der Waals surface area contributed by atoms with Crippen LogP contribution in [0.1, 0.15) is 75.0 Å². The van der Waals surface area contributed by atoms with Crippen LogP contribution in [0.15, 0.2) is 41.2 Å². The van der Waals surface area contributed by atoms with Crippen molar-refractivity contribution in [3.8, 4) is 11.4 Å². The van der Waals surface area contributed by atoms with Gasteiger partial charge in [-0.25, -0.2) is 9.78 Å². The number of ether oxygens (including phenoxy) is 9. The Balaban J connectivity index is 0.762. The molecule has 1 saturated heterocycles. The van der Waals surface area contributed by atoms with Crippen molar-refractivity contribution in [2.24, 2.45) is 0 Å². The van der Waals surface area contributed by atoms with E-state index in [1.165, 1.54) is 18.6 Å². The van der Waals surface area contributed by atoms with E-state index in [-0.39, 0.29) is 75.0 Å². The van der Waals surface area contributed by atoms with Gasteiger partial charge in [-0.1, -0.05) is 53.1 Å². The highest BCUT2D eigenvalue weighted by Crippen LogP contribution is 2.42. The number of cyclic esters (lactones) is 1. The highest BCUT2D eigenvalue weighted by Gasteiger charge is 2.50. The lowest BCUT2D eigenvalue weighted by atomic mass is 9.85. The number of carbonyl (C=O) groups is 4. The van der Waals surface area contributed by atoms with E-state index in [2.05, 4.69) is 0 Å². The minimum atomic E-state index is -1.86. The number of pyridine rings is 2. The Hall–Kier alpha value is -4.04. The third-order valence-electron chi connectivity index (χ3n) is 10.6.